The molecule has 0 unspecified atom stereocenters. The van der Waals surface area contributed by atoms with Crippen LogP contribution < -0.4 is 9.47 Å². The molecule has 1 aromatic heterocycles. The maximum absolute atomic E-state index is 13.3. The van der Waals surface area contributed by atoms with Gasteiger partial charge in [0.2, 0.25) is 12.7 Å². The number of carbonyl (C=O) groups is 1. The van der Waals surface area contributed by atoms with Crippen LogP contribution in [0.3, 0.4) is 0 Å². The summed E-state index contributed by atoms with van der Waals surface area (Å²) < 4.78 is 11.3. The number of fused-ring (bicyclic) bond motifs is 3. The zero-order valence-corrected chi connectivity index (χ0v) is 20.1. The van der Waals surface area contributed by atoms with E-state index in [0.29, 0.717) is 13.2 Å². The Balaban J connectivity index is 1.24. The standard InChI is InChI=1S/C28H35N3O3/c1-30-12-7-8-14-31(28(32)17-22-18-29-25-11-5-4-10-24(22)25)13-6-2-3-9-21-15-26-27(34-20-33-26)16-23(21)19-30/h4-5,10-11,15-16,18,29H,2-3,6-9,12-14,17,19-20H2,1H3. The molecule has 34 heavy (non-hydrogen) atoms. The maximum Gasteiger partial charge on any atom is 0.231 e. The van der Waals surface area contributed by atoms with Crippen LogP contribution in [0.15, 0.2) is 42.6 Å². The molecule has 180 valence electrons. The topological polar surface area (TPSA) is 57.8 Å². The van der Waals surface area contributed by atoms with Gasteiger partial charge >= 0.3 is 0 Å². The lowest BCUT2D eigenvalue weighted by Gasteiger charge is -2.25. The van der Waals surface area contributed by atoms with Gasteiger partial charge in [-0.3, -0.25) is 4.79 Å². The molecule has 1 amide bonds. The quantitative estimate of drug-likeness (QED) is 0.589. The van der Waals surface area contributed by atoms with Crippen molar-refractivity contribution in [2.45, 2.75) is 51.5 Å². The fourth-order valence-corrected chi connectivity index (χ4v) is 5.17. The van der Waals surface area contributed by atoms with Crippen molar-refractivity contribution in [3.05, 3.63) is 59.3 Å². The summed E-state index contributed by atoms with van der Waals surface area (Å²) in [5.74, 6) is 1.98. The summed E-state index contributed by atoms with van der Waals surface area (Å²) >= 11 is 0. The third-order valence-electron chi connectivity index (χ3n) is 7.10. The number of carbonyl (C=O) groups excluding carboxylic acids is 1. The van der Waals surface area contributed by atoms with Crippen LogP contribution in [-0.2, 0) is 24.2 Å². The van der Waals surface area contributed by atoms with Crippen LogP contribution in [0.5, 0.6) is 11.5 Å². The van der Waals surface area contributed by atoms with Gasteiger partial charge in [0.05, 0.1) is 6.42 Å². The van der Waals surface area contributed by atoms with E-state index >= 15 is 0 Å². The van der Waals surface area contributed by atoms with Gasteiger partial charge in [0.25, 0.3) is 0 Å². The van der Waals surface area contributed by atoms with Crippen LogP contribution >= 0.6 is 0 Å². The molecular formula is C28H35N3O3. The van der Waals surface area contributed by atoms with E-state index in [1.54, 1.807) is 0 Å². The number of H-pyrrole nitrogens is 1. The lowest BCUT2D eigenvalue weighted by atomic mass is 9.99. The fourth-order valence-electron chi connectivity index (χ4n) is 5.17. The van der Waals surface area contributed by atoms with E-state index in [2.05, 4.69) is 46.1 Å². The smallest absolute Gasteiger partial charge is 0.231 e. The molecule has 0 radical (unpaired) electrons. The van der Waals surface area contributed by atoms with Crippen molar-refractivity contribution >= 4 is 16.8 Å². The second-order valence-electron chi connectivity index (χ2n) is 9.65. The largest absolute Gasteiger partial charge is 0.454 e. The van der Waals surface area contributed by atoms with E-state index < -0.39 is 0 Å². The molecule has 0 saturated carbocycles. The second kappa shape index (κ2) is 10.5. The summed E-state index contributed by atoms with van der Waals surface area (Å²) in [5.41, 5.74) is 4.90. The van der Waals surface area contributed by atoms with Gasteiger partial charge in [0.15, 0.2) is 11.5 Å². The summed E-state index contributed by atoms with van der Waals surface area (Å²) in [4.78, 5) is 21.0. The Labute approximate surface area is 201 Å². The third kappa shape index (κ3) is 5.22. The fraction of sp³-hybridized carbons (Fsp3) is 0.464. The highest BCUT2D eigenvalue weighted by molar-refractivity contribution is 5.88. The van der Waals surface area contributed by atoms with Gasteiger partial charge < -0.3 is 24.3 Å². The number of aromatic nitrogens is 1. The molecule has 6 heteroatoms. The van der Waals surface area contributed by atoms with Gasteiger partial charge in [-0.2, -0.15) is 0 Å². The molecular weight excluding hydrogens is 426 g/mol. The Morgan fingerprint density at radius 1 is 0.941 bits per heavy atom. The molecule has 5 rings (SSSR count). The van der Waals surface area contributed by atoms with Crippen molar-refractivity contribution in [3.63, 3.8) is 0 Å². The number of nitrogens with zero attached hydrogens (tertiary/aromatic N) is 2. The first-order valence-electron chi connectivity index (χ1n) is 12.6. The van der Waals surface area contributed by atoms with Crippen LogP contribution in [-0.4, -0.2) is 54.2 Å². The van der Waals surface area contributed by atoms with Gasteiger partial charge in [0, 0.05) is 36.7 Å². The average Bonchev–Trinajstić information content (AvgIpc) is 3.46. The Morgan fingerprint density at radius 3 is 2.53 bits per heavy atom. The molecule has 2 aromatic carbocycles. The molecule has 3 heterocycles. The zero-order valence-electron chi connectivity index (χ0n) is 20.1. The highest BCUT2D eigenvalue weighted by Gasteiger charge is 2.19. The molecule has 0 bridgehead atoms. The van der Waals surface area contributed by atoms with E-state index in [1.165, 1.54) is 11.1 Å². The number of ether oxygens (including phenoxy) is 2. The Hall–Kier alpha value is -2.99. The van der Waals surface area contributed by atoms with E-state index in [0.717, 1.165) is 92.7 Å². The number of aromatic amines is 1. The molecule has 0 fully saturated rings. The number of rotatable bonds is 2. The normalized spacial score (nSPS) is 18.0. The van der Waals surface area contributed by atoms with Crippen LogP contribution in [0.2, 0.25) is 0 Å². The first kappa shape index (κ1) is 22.8. The lowest BCUT2D eigenvalue weighted by Crippen LogP contribution is -2.34. The number of aryl methyl sites for hydroxylation is 1. The van der Waals surface area contributed by atoms with Gasteiger partial charge in [-0.25, -0.2) is 0 Å². The van der Waals surface area contributed by atoms with Gasteiger partial charge in [-0.15, -0.1) is 0 Å². The lowest BCUT2D eigenvalue weighted by molar-refractivity contribution is -0.130. The Morgan fingerprint density at radius 2 is 1.68 bits per heavy atom. The molecule has 2 aliphatic heterocycles. The number of amides is 1. The SMILES string of the molecule is CN1CCCCN(C(=O)Cc2c[nH]c3ccccc23)CCCCCc2cc3c(cc2C1)OCO3. The first-order valence-corrected chi connectivity index (χ1v) is 12.6. The van der Waals surface area contributed by atoms with Crippen molar-refractivity contribution in [2.75, 3.05) is 33.5 Å². The van der Waals surface area contributed by atoms with Crippen molar-refractivity contribution in [1.29, 1.82) is 0 Å². The monoisotopic (exact) mass is 461 g/mol. The average molecular weight is 462 g/mol. The number of hydrogen-bond donors (Lipinski definition) is 1. The minimum Gasteiger partial charge on any atom is -0.454 e. The van der Waals surface area contributed by atoms with E-state index in [4.69, 9.17) is 9.47 Å². The summed E-state index contributed by atoms with van der Waals surface area (Å²) in [5, 5.41) is 1.15. The summed E-state index contributed by atoms with van der Waals surface area (Å²) in [6.07, 6.45) is 8.85. The number of benzene rings is 2. The summed E-state index contributed by atoms with van der Waals surface area (Å²) in [6.45, 7) is 3.92. The second-order valence-corrected chi connectivity index (χ2v) is 9.65. The van der Waals surface area contributed by atoms with Crippen LogP contribution in [0, 0.1) is 0 Å². The Kier molecular flexibility index (Phi) is 7.05. The van der Waals surface area contributed by atoms with Crippen molar-refractivity contribution in [1.82, 2.24) is 14.8 Å². The molecule has 0 saturated heterocycles. The molecule has 1 N–H and O–H groups in total. The van der Waals surface area contributed by atoms with Crippen LogP contribution in [0.4, 0.5) is 0 Å². The minimum absolute atomic E-state index is 0.239. The Bertz CT molecular complexity index is 1140. The number of para-hydroxylation sites is 1. The van der Waals surface area contributed by atoms with Crippen molar-refractivity contribution < 1.29 is 14.3 Å². The molecule has 0 atom stereocenters. The predicted molar refractivity (Wildman–Crippen MR) is 134 cm³/mol. The van der Waals surface area contributed by atoms with E-state index in [9.17, 15) is 4.79 Å². The zero-order chi connectivity index (χ0) is 23.3. The molecule has 3 aromatic rings. The summed E-state index contributed by atoms with van der Waals surface area (Å²) in [7, 11) is 2.18. The molecule has 0 spiro atoms. The highest BCUT2D eigenvalue weighted by Crippen LogP contribution is 2.36. The molecule has 6 nitrogen and oxygen atoms in total. The van der Waals surface area contributed by atoms with E-state index in [1.807, 2.05) is 18.3 Å². The minimum atomic E-state index is 0.239. The first-order chi connectivity index (χ1) is 16.7. The summed E-state index contributed by atoms with van der Waals surface area (Å²) in [6, 6.07) is 12.6. The predicted octanol–water partition coefficient (Wildman–Crippen LogP) is 4.91. The van der Waals surface area contributed by atoms with Gasteiger partial charge in [0.1, 0.15) is 0 Å². The highest BCUT2D eigenvalue weighted by atomic mass is 16.7. The maximum atomic E-state index is 13.3. The van der Waals surface area contributed by atoms with Gasteiger partial charge in [-0.1, -0.05) is 24.6 Å². The third-order valence-corrected chi connectivity index (χ3v) is 7.10. The van der Waals surface area contributed by atoms with E-state index in [-0.39, 0.29) is 5.91 Å². The molecule has 2 aliphatic rings. The van der Waals surface area contributed by atoms with Crippen molar-refractivity contribution in [2.24, 2.45) is 0 Å². The van der Waals surface area contributed by atoms with Crippen LogP contribution in [0.1, 0.15) is 48.8 Å². The van der Waals surface area contributed by atoms with Gasteiger partial charge in [-0.05, 0) is 80.6 Å². The number of nitrogens with one attached hydrogen (secondary N) is 1. The molecule has 0 aliphatic carbocycles. The van der Waals surface area contributed by atoms with Crippen LogP contribution in [0.25, 0.3) is 10.9 Å². The van der Waals surface area contributed by atoms with Crippen molar-refractivity contribution in [3.8, 4) is 11.5 Å². The number of hydrogen-bond acceptors (Lipinski definition) is 4.